The fourth-order valence-corrected chi connectivity index (χ4v) is 5.90. The number of amides is 2. The second-order valence-electron chi connectivity index (χ2n) is 10.4. The summed E-state index contributed by atoms with van der Waals surface area (Å²) in [5.74, 6) is 0.470. The first-order valence-electron chi connectivity index (χ1n) is 12.3. The summed E-state index contributed by atoms with van der Waals surface area (Å²) in [5.41, 5.74) is 1.87. The molecular weight excluding hydrogens is 432 g/mol. The maximum absolute atomic E-state index is 13.6. The number of nitrogens with zero attached hydrogens (tertiary/aromatic N) is 4. The molecule has 0 bridgehead atoms. The number of carboxylic acid groups (broad SMARTS) is 1. The minimum Gasteiger partial charge on any atom is -0.464 e. The number of benzene rings is 1. The standard InChI is InChI=1S/C26H34N4O4/c1-26(2)18-29(11-9-22-23(26)20-7-3-4-8-21(20)30(22)25(32)33)24(31)28-10-5-6-19(17-28)16-27-12-14-34-15-13-27/h3-4,7-9,11,19H,5-6,10,12-18H2,1-2H3,(H,32,33). The van der Waals surface area contributed by atoms with Crippen LogP contribution in [0.15, 0.2) is 30.5 Å². The molecule has 1 unspecified atom stereocenters. The Kier molecular flexibility index (Phi) is 6.12. The van der Waals surface area contributed by atoms with Crippen LogP contribution in [0.3, 0.4) is 0 Å². The third kappa shape index (κ3) is 4.20. The highest BCUT2D eigenvalue weighted by Gasteiger charge is 2.37. The zero-order chi connectivity index (χ0) is 23.9. The van der Waals surface area contributed by atoms with E-state index in [2.05, 4.69) is 18.7 Å². The van der Waals surface area contributed by atoms with Crippen LogP contribution in [0.5, 0.6) is 0 Å². The van der Waals surface area contributed by atoms with E-state index in [1.54, 1.807) is 17.2 Å². The third-order valence-electron chi connectivity index (χ3n) is 7.41. The van der Waals surface area contributed by atoms with E-state index in [0.717, 1.165) is 69.7 Å². The molecule has 2 saturated heterocycles. The van der Waals surface area contributed by atoms with Crippen molar-refractivity contribution in [1.29, 1.82) is 0 Å². The Morgan fingerprint density at radius 1 is 1.15 bits per heavy atom. The van der Waals surface area contributed by atoms with E-state index in [1.165, 1.54) is 4.57 Å². The molecule has 5 rings (SSSR count). The van der Waals surface area contributed by atoms with Crippen molar-refractivity contribution < 1.29 is 19.4 Å². The molecule has 3 aliphatic rings. The number of rotatable bonds is 2. The highest BCUT2D eigenvalue weighted by molar-refractivity contribution is 5.97. The second kappa shape index (κ2) is 9.07. The fourth-order valence-electron chi connectivity index (χ4n) is 5.90. The average molecular weight is 467 g/mol. The van der Waals surface area contributed by atoms with Crippen molar-refractivity contribution in [1.82, 2.24) is 19.3 Å². The second-order valence-corrected chi connectivity index (χ2v) is 10.4. The molecule has 1 aromatic carbocycles. The van der Waals surface area contributed by atoms with Crippen molar-refractivity contribution in [2.75, 3.05) is 52.5 Å². The number of likely N-dealkylation sites (tertiary alicyclic amines) is 1. The molecule has 8 heteroatoms. The van der Waals surface area contributed by atoms with Crippen molar-refractivity contribution in [2.45, 2.75) is 32.1 Å². The number of carbonyl (C=O) groups is 2. The first kappa shape index (κ1) is 22.9. The first-order chi connectivity index (χ1) is 16.3. The molecule has 182 valence electrons. The maximum Gasteiger partial charge on any atom is 0.416 e. The van der Waals surface area contributed by atoms with E-state index in [9.17, 15) is 14.7 Å². The van der Waals surface area contributed by atoms with Gasteiger partial charge < -0.3 is 19.6 Å². The lowest BCUT2D eigenvalue weighted by atomic mass is 9.82. The van der Waals surface area contributed by atoms with Crippen LogP contribution in [0, 0.1) is 5.92 Å². The van der Waals surface area contributed by atoms with Gasteiger partial charge in [-0.1, -0.05) is 32.0 Å². The lowest BCUT2D eigenvalue weighted by molar-refractivity contribution is 0.0242. The van der Waals surface area contributed by atoms with Crippen LogP contribution in [0.1, 0.15) is 37.9 Å². The predicted molar refractivity (Wildman–Crippen MR) is 131 cm³/mol. The van der Waals surface area contributed by atoms with Gasteiger partial charge >= 0.3 is 12.1 Å². The summed E-state index contributed by atoms with van der Waals surface area (Å²) >= 11 is 0. The number of fused-ring (bicyclic) bond motifs is 3. The number of urea groups is 1. The predicted octanol–water partition coefficient (Wildman–Crippen LogP) is 3.90. The molecule has 1 N–H and O–H groups in total. The Morgan fingerprint density at radius 3 is 2.68 bits per heavy atom. The quantitative estimate of drug-likeness (QED) is 0.727. The van der Waals surface area contributed by atoms with Crippen LogP contribution < -0.4 is 0 Å². The van der Waals surface area contributed by atoms with Gasteiger partial charge in [0.1, 0.15) is 0 Å². The number of aromatic nitrogens is 1. The number of morpholine rings is 1. The maximum atomic E-state index is 13.6. The molecule has 1 atom stereocenters. The normalized spacial score (nSPS) is 23.1. The Bertz CT molecular complexity index is 1120. The van der Waals surface area contributed by atoms with Gasteiger partial charge in [-0.2, -0.15) is 0 Å². The number of hydrogen-bond acceptors (Lipinski definition) is 4. The van der Waals surface area contributed by atoms with E-state index >= 15 is 0 Å². The molecule has 0 aliphatic carbocycles. The van der Waals surface area contributed by atoms with Crippen LogP contribution in [0.2, 0.25) is 0 Å². The van der Waals surface area contributed by atoms with Crippen molar-refractivity contribution in [2.24, 2.45) is 5.92 Å². The summed E-state index contributed by atoms with van der Waals surface area (Å²) in [6.07, 6.45) is 4.71. The van der Waals surface area contributed by atoms with Gasteiger partial charge in [-0.25, -0.2) is 14.2 Å². The molecule has 4 heterocycles. The average Bonchev–Trinajstić information content (AvgIpc) is 3.10. The van der Waals surface area contributed by atoms with Gasteiger partial charge in [-0.15, -0.1) is 0 Å². The third-order valence-corrected chi connectivity index (χ3v) is 7.41. The molecule has 1 aromatic heterocycles. The van der Waals surface area contributed by atoms with Crippen LogP contribution in [0.4, 0.5) is 9.59 Å². The Morgan fingerprint density at radius 2 is 1.91 bits per heavy atom. The van der Waals surface area contributed by atoms with Crippen LogP contribution in [-0.2, 0) is 10.2 Å². The van der Waals surface area contributed by atoms with Gasteiger partial charge in [-0.3, -0.25) is 4.90 Å². The van der Waals surface area contributed by atoms with Crippen molar-refractivity contribution in [3.05, 3.63) is 41.7 Å². The molecule has 0 saturated carbocycles. The fraction of sp³-hybridized carbons (Fsp3) is 0.538. The summed E-state index contributed by atoms with van der Waals surface area (Å²) in [6.45, 7) is 10.7. The van der Waals surface area contributed by atoms with Crippen LogP contribution in [0.25, 0.3) is 17.0 Å². The van der Waals surface area contributed by atoms with Gasteiger partial charge in [0, 0.05) is 56.3 Å². The van der Waals surface area contributed by atoms with Crippen molar-refractivity contribution in [3.63, 3.8) is 0 Å². The van der Waals surface area contributed by atoms with Crippen LogP contribution in [-0.4, -0.2) is 89.0 Å². The SMILES string of the molecule is CC1(C)CN(C(=O)N2CCCC(CN3CCOCC3)C2)C=Cc2c1c1ccccc1n2C(=O)O. The minimum absolute atomic E-state index is 0.00679. The van der Waals surface area contributed by atoms with Gasteiger partial charge in [-0.05, 0) is 36.5 Å². The lowest BCUT2D eigenvalue weighted by Crippen LogP contribution is -2.50. The number of para-hydroxylation sites is 1. The molecule has 3 aliphatic heterocycles. The zero-order valence-corrected chi connectivity index (χ0v) is 20.1. The summed E-state index contributed by atoms with van der Waals surface area (Å²) in [5, 5.41) is 10.9. The van der Waals surface area contributed by atoms with Gasteiger partial charge in [0.05, 0.1) is 24.4 Å². The molecule has 0 spiro atoms. The van der Waals surface area contributed by atoms with Gasteiger partial charge in [0.2, 0.25) is 0 Å². The Balaban J connectivity index is 1.38. The van der Waals surface area contributed by atoms with E-state index in [4.69, 9.17) is 4.74 Å². The number of piperidine rings is 1. The zero-order valence-electron chi connectivity index (χ0n) is 20.1. The Labute approximate surface area is 200 Å². The highest BCUT2D eigenvalue weighted by Crippen LogP contribution is 2.39. The highest BCUT2D eigenvalue weighted by atomic mass is 16.5. The first-order valence-corrected chi connectivity index (χ1v) is 12.3. The topological polar surface area (TPSA) is 78.3 Å². The number of ether oxygens (including phenoxy) is 1. The molecule has 2 amide bonds. The van der Waals surface area contributed by atoms with E-state index < -0.39 is 11.5 Å². The molecule has 0 radical (unpaired) electrons. The van der Waals surface area contributed by atoms with Crippen molar-refractivity contribution in [3.8, 4) is 0 Å². The smallest absolute Gasteiger partial charge is 0.416 e. The van der Waals surface area contributed by atoms with E-state index in [-0.39, 0.29) is 6.03 Å². The molecule has 8 nitrogen and oxygen atoms in total. The van der Waals surface area contributed by atoms with Gasteiger partial charge in [0.25, 0.3) is 0 Å². The van der Waals surface area contributed by atoms with Gasteiger partial charge in [0.15, 0.2) is 0 Å². The van der Waals surface area contributed by atoms with Crippen LogP contribution >= 0.6 is 0 Å². The van der Waals surface area contributed by atoms with Crippen molar-refractivity contribution >= 4 is 29.1 Å². The Hall–Kier alpha value is -2.84. The van der Waals surface area contributed by atoms with E-state index in [0.29, 0.717) is 23.7 Å². The van der Waals surface area contributed by atoms with E-state index in [1.807, 2.05) is 29.2 Å². The summed E-state index contributed by atoms with van der Waals surface area (Å²) in [6, 6.07) is 7.61. The lowest BCUT2D eigenvalue weighted by Gasteiger charge is -2.39. The number of carbonyl (C=O) groups excluding carboxylic acids is 1. The molecule has 2 aromatic rings. The molecule has 34 heavy (non-hydrogen) atoms. The minimum atomic E-state index is -1.01. The summed E-state index contributed by atoms with van der Waals surface area (Å²) in [4.78, 5) is 32.0. The monoisotopic (exact) mass is 466 g/mol. The molecular formula is C26H34N4O4. The number of hydrogen-bond donors (Lipinski definition) is 1. The summed E-state index contributed by atoms with van der Waals surface area (Å²) in [7, 11) is 0. The molecule has 2 fully saturated rings. The largest absolute Gasteiger partial charge is 0.464 e. The summed E-state index contributed by atoms with van der Waals surface area (Å²) < 4.78 is 6.81.